The van der Waals surface area contributed by atoms with E-state index in [4.69, 9.17) is 34.8 Å². The van der Waals surface area contributed by atoms with Crippen molar-refractivity contribution in [2.24, 2.45) is 0 Å². The average molecular weight is 362 g/mol. The van der Waals surface area contributed by atoms with Crippen LogP contribution in [0.1, 0.15) is 0 Å². The van der Waals surface area contributed by atoms with Crippen LogP contribution in [0.3, 0.4) is 0 Å². The Labute approximate surface area is 145 Å². The van der Waals surface area contributed by atoms with E-state index in [0.29, 0.717) is 0 Å². The van der Waals surface area contributed by atoms with Crippen molar-refractivity contribution in [2.75, 3.05) is 0 Å². The number of rotatable bonds is 1. The molecule has 1 aliphatic heterocycles. The van der Waals surface area contributed by atoms with Gasteiger partial charge in [-0.15, -0.1) is 0 Å². The highest BCUT2D eigenvalue weighted by Crippen LogP contribution is 2.28. The molecule has 0 amide bonds. The Hall–Kier alpha value is -1.25. The third-order valence-corrected chi connectivity index (χ3v) is 8.17. The minimum atomic E-state index is -1.47. The Morgan fingerprint density at radius 1 is 0.545 bits per heavy atom. The van der Waals surface area contributed by atoms with Crippen LogP contribution in [0.2, 0.25) is 15.1 Å². The van der Waals surface area contributed by atoms with Crippen LogP contribution < -0.4 is 15.6 Å². The van der Waals surface area contributed by atoms with E-state index in [2.05, 4.69) is 36.4 Å². The molecule has 0 saturated carbocycles. The maximum Gasteiger partial charge on any atom is 0.134 e. The van der Waals surface area contributed by atoms with Gasteiger partial charge < -0.3 is 0 Å². The Morgan fingerprint density at radius 3 is 1.50 bits per heavy atom. The van der Waals surface area contributed by atoms with Gasteiger partial charge in [-0.25, -0.2) is 0 Å². The number of benzene rings is 3. The van der Waals surface area contributed by atoms with Gasteiger partial charge in [0.15, 0.2) is 0 Å². The molecule has 0 radical (unpaired) electrons. The molecule has 108 valence electrons. The monoisotopic (exact) mass is 360 g/mol. The molecule has 0 aliphatic carbocycles. The van der Waals surface area contributed by atoms with Crippen molar-refractivity contribution in [3.8, 4) is 11.1 Å². The van der Waals surface area contributed by atoms with Crippen LogP contribution in [0.5, 0.6) is 0 Å². The molecular weight excluding hydrogens is 351 g/mol. The lowest BCUT2D eigenvalue weighted by atomic mass is 10.1. The van der Waals surface area contributed by atoms with Gasteiger partial charge in [0.25, 0.3) is 0 Å². The fraction of sp³-hybridized carbons (Fsp3) is 0. The molecule has 0 atom stereocenters. The third kappa shape index (κ3) is 2.29. The fourth-order valence-corrected chi connectivity index (χ4v) is 6.99. The van der Waals surface area contributed by atoms with E-state index in [1.807, 2.05) is 24.3 Å². The zero-order valence-corrected chi connectivity index (χ0v) is 14.9. The third-order valence-electron chi connectivity index (χ3n) is 4.15. The van der Waals surface area contributed by atoms with Gasteiger partial charge in [-0.3, -0.25) is 0 Å². The molecular formula is C18H11Cl3Si. The van der Waals surface area contributed by atoms with E-state index in [-0.39, 0.29) is 0 Å². The normalized spacial score (nSPS) is 13.0. The van der Waals surface area contributed by atoms with Crippen LogP contribution in [0.4, 0.5) is 0 Å². The molecule has 4 heteroatoms. The summed E-state index contributed by atoms with van der Waals surface area (Å²) in [6, 6.07) is 20.6. The highest BCUT2D eigenvalue weighted by molar-refractivity contribution is 6.99. The predicted octanol–water partition coefficient (Wildman–Crippen LogP) is 3.88. The van der Waals surface area contributed by atoms with E-state index in [9.17, 15) is 0 Å². The lowest BCUT2D eigenvalue weighted by molar-refractivity contribution is 1.70. The first kappa shape index (κ1) is 14.3. The van der Waals surface area contributed by atoms with Gasteiger partial charge in [-0.05, 0) is 57.9 Å². The van der Waals surface area contributed by atoms with Gasteiger partial charge in [0.05, 0.1) is 0 Å². The molecule has 3 aromatic carbocycles. The SMILES string of the molecule is Clc1ccc([SiH]2c3ccc(Cl)cc3-c3cc(Cl)ccc32)cc1. The Balaban J connectivity index is 1.99. The van der Waals surface area contributed by atoms with E-state index in [0.717, 1.165) is 15.1 Å². The molecule has 0 saturated heterocycles. The second-order valence-electron chi connectivity index (χ2n) is 5.45. The standard InChI is InChI=1S/C18H11Cl3Si/c19-11-1-5-14(6-2-11)22-17-7-3-12(20)9-15(17)16-10-13(21)4-8-18(16)22/h1-10,22H. The van der Waals surface area contributed by atoms with Crippen LogP contribution in [-0.2, 0) is 0 Å². The Kier molecular flexibility index (Phi) is 3.54. The number of hydrogen-bond donors (Lipinski definition) is 0. The van der Waals surface area contributed by atoms with E-state index in [1.165, 1.54) is 26.7 Å². The van der Waals surface area contributed by atoms with Crippen molar-refractivity contribution in [2.45, 2.75) is 0 Å². The van der Waals surface area contributed by atoms with Crippen molar-refractivity contribution < 1.29 is 0 Å². The molecule has 1 aliphatic rings. The summed E-state index contributed by atoms with van der Waals surface area (Å²) < 4.78 is 0. The van der Waals surface area contributed by atoms with Crippen LogP contribution in [0, 0.1) is 0 Å². The smallest absolute Gasteiger partial charge is 0.0843 e. The van der Waals surface area contributed by atoms with Crippen molar-refractivity contribution in [3.05, 3.63) is 75.7 Å². The average Bonchev–Trinajstić information content (AvgIpc) is 2.81. The number of fused-ring (bicyclic) bond motifs is 3. The zero-order valence-electron chi connectivity index (χ0n) is 11.5. The molecule has 1 heterocycles. The highest BCUT2D eigenvalue weighted by atomic mass is 35.5. The van der Waals surface area contributed by atoms with Crippen LogP contribution >= 0.6 is 34.8 Å². The molecule has 0 bridgehead atoms. The van der Waals surface area contributed by atoms with Crippen LogP contribution in [0.15, 0.2) is 60.7 Å². The molecule has 0 fully saturated rings. The van der Waals surface area contributed by atoms with Crippen LogP contribution in [-0.4, -0.2) is 8.80 Å². The van der Waals surface area contributed by atoms with Crippen molar-refractivity contribution in [1.29, 1.82) is 0 Å². The second kappa shape index (κ2) is 5.43. The molecule has 3 aromatic rings. The van der Waals surface area contributed by atoms with Gasteiger partial charge in [0.1, 0.15) is 8.80 Å². The lowest BCUT2D eigenvalue weighted by Crippen LogP contribution is -2.48. The van der Waals surface area contributed by atoms with Gasteiger partial charge in [-0.2, -0.15) is 0 Å². The predicted molar refractivity (Wildman–Crippen MR) is 99.4 cm³/mol. The minimum absolute atomic E-state index is 0.760. The molecule has 0 aromatic heterocycles. The van der Waals surface area contributed by atoms with Gasteiger partial charge in [0.2, 0.25) is 0 Å². The van der Waals surface area contributed by atoms with E-state index in [1.54, 1.807) is 0 Å². The largest absolute Gasteiger partial charge is 0.134 e. The van der Waals surface area contributed by atoms with Gasteiger partial charge in [-0.1, -0.05) is 64.3 Å². The molecule has 0 N–H and O–H groups in total. The summed E-state index contributed by atoms with van der Waals surface area (Å²) in [5, 5.41) is 6.43. The molecule has 0 unspecified atom stereocenters. The summed E-state index contributed by atoms with van der Waals surface area (Å²) in [6.45, 7) is 0. The minimum Gasteiger partial charge on any atom is -0.0843 e. The molecule has 4 rings (SSSR count). The molecule has 0 nitrogen and oxygen atoms in total. The Bertz CT molecular complexity index is 821. The summed E-state index contributed by atoms with van der Waals surface area (Å²) >= 11 is 18.5. The summed E-state index contributed by atoms with van der Waals surface area (Å²) in [5.41, 5.74) is 2.44. The van der Waals surface area contributed by atoms with E-state index < -0.39 is 8.80 Å². The summed E-state index contributed by atoms with van der Waals surface area (Å²) in [6.07, 6.45) is 0. The first-order valence-corrected chi connectivity index (χ1v) is 9.85. The van der Waals surface area contributed by atoms with Crippen molar-refractivity contribution in [3.63, 3.8) is 0 Å². The highest BCUT2D eigenvalue weighted by Gasteiger charge is 2.31. The maximum atomic E-state index is 6.21. The molecule has 22 heavy (non-hydrogen) atoms. The van der Waals surface area contributed by atoms with Gasteiger partial charge in [0, 0.05) is 15.1 Å². The second-order valence-corrected chi connectivity index (χ2v) is 9.53. The summed E-state index contributed by atoms with van der Waals surface area (Å²) in [5.74, 6) is 0. The van der Waals surface area contributed by atoms with E-state index >= 15 is 0 Å². The van der Waals surface area contributed by atoms with Crippen LogP contribution in [0.25, 0.3) is 11.1 Å². The number of halogens is 3. The molecule has 0 spiro atoms. The quantitative estimate of drug-likeness (QED) is 0.451. The maximum absolute atomic E-state index is 6.21. The Morgan fingerprint density at radius 2 is 1.00 bits per heavy atom. The van der Waals surface area contributed by atoms with Crippen molar-refractivity contribution in [1.82, 2.24) is 0 Å². The topological polar surface area (TPSA) is 0 Å². The zero-order chi connectivity index (χ0) is 15.3. The fourth-order valence-electron chi connectivity index (χ4n) is 3.21. The number of hydrogen-bond acceptors (Lipinski definition) is 0. The first-order valence-electron chi connectivity index (χ1n) is 6.98. The summed E-state index contributed by atoms with van der Waals surface area (Å²) in [7, 11) is -1.47. The summed E-state index contributed by atoms with van der Waals surface area (Å²) in [4.78, 5) is 0. The first-order chi connectivity index (χ1) is 10.6. The van der Waals surface area contributed by atoms with Gasteiger partial charge >= 0.3 is 0 Å². The van der Waals surface area contributed by atoms with Crippen molar-refractivity contribution >= 4 is 59.2 Å². The lowest BCUT2D eigenvalue weighted by Gasteiger charge is -2.12.